The molecule has 0 amide bonds. The predicted molar refractivity (Wildman–Crippen MR) is 79.0 cm³/mol. The number of para-hydroxylation sites is 1. The normalized spacial score (nSPS) is 11.5. The standard InChI is InChI=1S/C13H12BrFN2O2S/c14-10-4-1-3-9(7-10)8-17-20(18,19)12-6-2-5-11(15)13(12)16/h1-7,17H,8,16H2. The first-order valence-corrected chi connectivity index (χ1v) is 7.96. The molecule has 0 unspecified atom stereocenters. The molecule has 20 heavy (non-hydrogen) atoms. The molecule has 0 aliphatic rings. The Morgan fingerprint density at radius 1 is 1.20 bits per heavy atom. The van der Waals surface area contributed by atoms with E-state index in [2.05, 4.69) is 20.7 Å². The highest BCUT2D eigenvalue weighted by Gasteiger charge is 2.19. The molecule has 0 aliphatic heterocycles. The van der Waals surface area contributed by atoms with Crippen molar-refractivity contribution in [2.24, 2.45) is 0 Å². The van der Waals surface area contributed by atoms with Gasteiger partial charge in [0.1, 0.15) is 10.7 Å². The van der Waals surface area contributed by atoms with E-state index in [0.29, 0.717) is 0 Å². The minimum absolute atomic E-state index is 0.0950. The second-order valence-corrected chi connectivity index (χ2v) is 6.76. The highest BCUT2D eigenvalue weighted by molar-refractivity contribution is 9.10. The van der Waals surface area contributed by atoms with Crippen LogP contribution in [-0.4, -0.2) is 8.42 Å². The topological polar surface area (TPSA) is 72.2 Å². The van der Waals surface area contributed by atoms with Crippen molar-refractivity contribution in [1.29, 1.82) is 0 Å². The summed E-state index contributed by atoms with van der Waals surface area (Å²) >= 11 is 3.30. The van der Waals surface area contributed by atoms with Crippen LogP contribution in [0.15, 0.2) is 51.8 Å². The van der Waals surface area contributed by atoms with E-state index in [1.165, 1.54) is 12.1 Å². The molecule has 2 aromatic carbocycles. The molecule has 0 aromatic heterocycles. The van der Waals surface area contributed by atoms with E-state index in [0.717, 1.165) is 16.1 Å². The van der Waals surface area contributed by atoms with Crippen molar-refractivity contribution in [3.05, 3.63) is 58.3 Å². The minimum atomic E-state index is -3.85. The molecular weight excluding hydrogens is 347 g/mol. The third-order valence-corrected chi connectivity index (χ3v) is 4.61. The monoisotopic (exact) mass is 358 g/mol. The Morgan fingerprint density at radius 2 is 1.90 bits per heavy atom. The molecule has 0 fully saturated rings. The Labute approximate surface area is 125 Å². The number of halogens is 2. The first kappa shape index (κ1) is 15.0. The van der Waals surface area contributed by atoms with Crippen molar-refractivity contribution in [3.63, 3.8) is 0 Å². The first-order chi connectivity index (χ1) is 9.40. The molecule has 3 N–H and O–H groups in total. The number of nitrogens with two attached hydrogens (primary N) is 1. The second-order valence-electron chi connectivity index (χ2n) is 4.11. The maximum absolute atomic E-state index is 13.3. The molecule has 0 aliphatic carbocycles. The lowest BCUT2D eigenvalue weighted by molar-refractivity contribution is 0.579. The maximum atomic E-state index is 13.3. The van der Waals surface area contributed by atoms with Crippen LogP contribution in [0, 0.1) is 5.82 Å². The number of nitrogens with one attached hydrogen (secondary N) is 1. The number of sulfonamides is 1. The van der Waals surface area contributed by atoms with Crippen LogP contribution < -0.4 is 10.5 Å². The van der Waals surface area contributed by atoms with E-state index in [1.54, 1.807) is 18.2 Å². The Morgan fingerprint density at radius 3 is 2.60 bits per heavy atom. The number of benzene rings is 2. The van der Waals surface area contributed by atoms with Gasteiger partial charge in [0, 0.05) is 11.0 Å². The Hall–Kier alpha value is -1.44. The van der Waals surface area contributed by atoms with E-state index >= 15 is 0 Å². The molecule has 0 radical (unpaired) electrons. The molecule has 0 saturated heterocycles. The summed E-state index contributed by atoms with van der Waals surface area (Å²) in [5.74, 6) is -0.754. The van der Waals surface area contributed by atoms with Gasteiger partial charge in [0.15, 0.2) is 0 Å². The summed E-state index contributed by atoms with van der Waals surface area (Å²) in [6.07, 6.45) is 0. The lowest BCUT2D eigenvalue weighted by atomic mass is 10.2. The average molecular weight is 359 g/mol. The van der Waals surface area contributed by atoms with Gasteiger partial charge in [0.25, 0.3) is 0 Å². The van der Waals surface area contributed by atoms with Gasteiger partial charge < -0.3 is 5.73 Å². The van der Waals surface area contributed by atoms with Crippen molar-refractivity contribution < 1.29 is 12.8 Å². The molecule has 0 bridgehead atoms. The van der Waals surface area contributed by atoms with Crippen LogP contribution in [-0.2, 0) is 16.6 Å². The summed E-state index contributed by atoms with van der Waals surface area (Å²) in [7, 11) is -3.85. The molecule has 0 saturated carbocycles. The van der Waals surface area contributed by atoms with Crippen molar-refractivity contribution in [3.8, 4) is 0 Å². The third-order valence-electron chi connectivity index (χ3n) is 2.66. The van der Waals surface area contributed by atoms with Gasteiger partial charge in [0.2, 0.25) is 10.0 Å². The van der Waals surface area contributed by atoms with Gasteiger partial charge in [-0.3, -0.25) is 0 Å². The first-order valence-electron chi connectivity index (χ1n) is 5.68. The van der Waals surface area contributed by atoms with E-state index in [1.807, 2.05) is 6.07 Å². The van der Waals surface area contributed by atoms with Gasteiger partial charge in [-0.25, -0.2) is 17.5 Å². The summed E-state index contributed by atoms with van der Waals surface area (Å²) in [5, 5.41) is 0. The zero-order chi connectivity index (χ0) is 14.8. The number of nitrogen functional groups attached to an aromatic ring is 1. The van der Waals surface area contributed by atoms with Gasteiger partial charge in [-0.2, -0.15) is 0 Å². The van der Waals surface area contributed by atoms with E-state index in [9.17, 15) is 12.8 Å². The van der Waals surface area contributed by atoms with Gasteiger partial charge >= 0.3 is 0 Å². The van der Waals surface area contributed by atoms with Crippen LogP contribution in [0.5, 0.6) is 0 Å². The molecule has 106 valence electrons. The van der Waals surface area contributed by atoms with E-state index in [-0.39, 0.29) is 17.1 Å². The van der Waals surface area contributed by atoms with E-state index < -0.39 is 15.8 Å². The van der Waals surface area contributed by atoms with Crippen molar-refractivity contribution >= 4 is 31.6 Å². The number of hydrogen-bond donors (Lipinski definition) is 2. The van der Waals surface area contributed by atoms with E-state index in [4.69, 9.17) is 5.73 Å². The Kier molecular flexibility index (Phi) is 4.42. The SMILES string of the molecule is Nc1c(F)cccc1S(=O)(=O)NCc1cccc(Br)c1. The number of rotatable bonds is 4. The van der Waals surface area contributed by atoms with Gasteiger partial charge in [-0.15, -0.1) is 0 Å². The summed E-state index contributed by atoms with van der Waals surface area (Å²) in [6.45, 7) is 0.0950. The summed E-state index contributed by atoms with van der Waals surface area (Å²) < 4.78 is 40.7. The average Bonchev–Trinajstić information content (AvgIpc) is 2.40. The number of anilines is 1. The molecule has 4 nitrogen and oxygen atoms in total. The quantitative estimate of drug-likeness (QED) is 0.825. The fraction of sp³-hybridized carbons (Fsp3) is 0.0769. The molecule has 2 aromatic rings. The fourth-order valence-corrected chi connectivity index (χ4v) is 3.26. The lowest BCUT2D eigenvalue weighted by Gasteiger charge is -2.09. The van der Waals surface area contributed by atoms with Crippen molar-refractivity contribution in [2.45, 2.75) is 11.4 Å². The van der Waals surface area contributed by atoms with Gasteiger partial charge in [-0.05, 0) is 29.8 Å². The summed E-state index contributed by atoms with van der Waals surface area (Å²) in [6, 6.07) is 10.9. The highest BCUT2D eigenvalue weighted by atomic mass is 79.9. The van der Waals surface area contributed by atoms with Gasteiger partial charge in [-0.1, -0.05) is 34.1 Å². The van der Waals surface area contributed by atoms with Crippen LogP contribution in [0.4, 0.5) is 10.1 Å². The minimum Gasteiger partial charge on any atom is -0.395 e. The third kappa shape index (κ3) is 3.36. The van der Waals surface area contributed by atoms with Crippen LogP contribution in [0.25, 0.3) is 0 Å². The predicted octanol–water partition coefficient (Wildman–Crippen LogP) is 2.65. The molecule has 0 atom stereocenters. The molecule has 7 heteroatoms. The zero-order valence-corrected chi connectivity index (χ0v) is 12.7. The lowest BCUT2D eigenvalue weighted by Crippen LogP contribution is -2.24. The van der Waals surface area contributed by atoms with Crippen molar-refractivity contribution in [1.82, 2.24) is 4.72 Å². The van der Waals surface area contributed by atoms with Crippen molar-refractivity contribution in [2.75, 3.05) is 5.73 Å². The molecule has 2 rings (SSSR count). The van der Waals surface area contributed by atoms with Crippen LogP contribution in [0.2, 0.25) is 0 Å². The Bertz CT molecular complexity index is 735. The highest BCUT2D eigenvalue weighted by Crippen LogP contribution is 2.21. The summed E-state index contributed by atoms with van der Waals surface area (Å²) in [5.41, 5.74) is 5.86. The Balaban J connectivity index is 2.22. The molecule has 0 spiro atoms. The van der Waals surface area contributed by atoms with Crippen LogP contribution >= 0.6 is 15.9 Å². The second kappa shape index (κ2) is 5.90. The largest absolute Gasteiger partial charge is 0.395 e. The zero-order valence-electron chi connectivity index (χ0n) is 10.3. The van der Waals surface area contributed by atoms with Crippen LogP contribution in [0.3, 0.4) is 0 Å². The molecular formula is C13H12BrFN2O2S. The molecule has 0 heterocycles. The fourth-order valence-electron chi connectivity index (χ4n) is 1.65. The smallest absolute Gasteiger partial charge is 0.243 e. The maximum Gasteiger partial charge on any atom is 0.243 e. The van der Waals surface area contributed by atoms with Gasteiger partial charge in [0.05, 0.1) is 5.69 Å². The number of hydrogen-bond acceptors (Lipinski definition) is 3. The summed E-state index contributed by atoms with van der Waals surface area (Å²) in [4.78, 5) is -0.257. The van der Waals surface area contributed by atoms with Crippen LogP contribution in [0.1, 0.15) is 5.56 Å².